The topological polar surface area (TPSA) is 84.1 Å². The first-order chi connectivity index (χ1) is 7.68. The molecule has 6 nitrogen and oxygen atoms in total. The van der Waals surface area contributed by atoms with Gasteiger partial charge in [-0.1, -0.05) is 0 Å². The molecule has 1 unspecified atom stereocenters. The summed E-state index contributed by atoms with van der Waals surface area (Å²) in [6.45, 7) is 1.18. The van der Waals surface area contributed by atoms with E-state index in [9.17, 15) is 15.3 Å². The van der Waals surface area contributed by atoms with Crippen LogP contribution in [-0.2, 0) is 4.74 Å². The molecule has 1 fully saturated rings. The number of aromatic hydroxyl groups is 2. The molecule has 1 aliphatic heterocycles. The molecule has 0 amide bonds. The van der Waals surface area contributed by atoms with Crippen LogP contribution in [0.4, 0.5) is 0 Å². The van der Waals surface area contributed by atoms with Crippen LogP contribution in [-0.4, -0.2) is 39.6 Å². The van der Waals surface area contributed by atoms with E-state index in [4.69, 9.17) is 9.57 Å². The van der Waals surface area contributed by atoms with Gasteiger partial charge in [-0.2, -0.15) is 0 Å². The Bertz CT molecular complexity index is 325. The molecule has 1 aliphatic rings. The molecule has 16 heavy (non-hydrogen) atoms. The predicted octanol–water partition coefficient (Wildman–Crippen LogP) is 0.0729. The molecule has 1 aromatic rings. The van der Waals surface area contributed by atoms with Gasteiger partial charge in [-0.25, -0.2) is 0 Å². The summed E-state index contributed by atoms with van der Waals surface area (Å²) >= 11 is 0. The molecule has 6 heteroatoms. The maximum Gasteiger partial charge on any atom is 0.229 e. The van der Waals surface area contributed by atoms with Gasteiger partial charge < -0.3 is 24.9 Å². The first-order valence-corrected chi connectivity index (χ1v) is 5.21. The average molecular weight is 229 g/mol. The maximum absolute atomic E-state index is 9.77. The minimum atomic E-state index is -1.06. The first kappa shape index (κ1) is 11.1. The SMILES string of the molecule is Oc1ccc(O)n1OC(O)C1CCOCC1. The van der Waals surface area contributed by atoms with E-state index >= 15 is 0 Å². The zero-order chi connectivity index (χ0) is 11.5. The molecule has 0 aromatic carbocycles. The van der Waals surface area contributed by atoms with Gasteiger partial charge in [0.2, 0.25) is 18.1 Å². The highest BCUT2D eigenvalue weighted by Crippen LogP contribution is 2.23. The monoisotopic (exact) mass is 229 g/mol. The highest BCUT2D eigenvalue weighted by molar-refractivity contribution is 5.21. The fraction of sp³-hybridized carbons (Fsp3) is 0.600. The molecule has 3 N–H and O–H groups in total. The van der Waals surface area contributed by atoms with Crippen LogP contribution < -0.4 is 4.84 Å². The number of hydrogen-bond acceptors (Lipinski definition) is 5. The number of rotatable bonds is 3. The van der Waals surface area contributed by atoms with Crippen LogP contribution in [0.3, 0.4) is 0 Å². The Hall–Kier alpha value is -1.40. The van der Waals surface area contributed by atoms with Crippen molar-refractivity contribution in [2.75, 3.05) is 13.2 Å². The van der Waals surface area contributed by atoms with Crippen molar-refractivity contribution in [2.45, 2.75) is 19.1 Å². The first-order valence-electron chi connectivity index (χ1n) is 5.21. The van der Waals surface area contributed by atoms with Gasteiger partial charge in [-0.05, 0) is 12.8 Å². The van der Waals surface area contributed by atoms with Gasteiger partial charge in [0.15, 0.2) is 0 Å². The number of nitrogens with zero attached hydrogens (tertiary/aromatic N) is 1. The van der Waals surface area contributed by atoms with E-state index in [2.05, 4.69) is 0 Å². The van der Waals surface area contributed by atoms with Crippen molar-refractivity contribution in [1.29, 1.82) is 0 Å². The number of aliphatic hydroxyl groups is 1. The molecule has 0 saturated carbocycles. The Morgan fingerprint density at radius 2 is 1.81 bits per heavy atom. The van der Waals surface area contributed by atoms with Gasteiger partial charge in [0.05, 0.1) is 0 Å². The molecule has 0 aliphatic carbocycles. The maximum atomic E-state index is 9.77. The van der Waals surface area contributed by atoms with Crippen molar-refractivity contribution in [3.05, 3.63) is 12.1 Å². The molecule has 2 rings (SSSR count). The summed E-state index contributed by atoms with van der Waals surface area (Å²) in [5, 5.41) is 28.4. The van der Waals surface area contributed by atoms with Crippen molar-refractivity contribution in [2.24, 2.45) is 5.92 Å². The summed E-state index contributed by atoms with van der Waals surface area (Å²) in [6, 6.07) is 2.57. The van der Waals surface area contributed by atoms with Crippen molar-refractivity contribution in [3.8, 4) is 11.8 Å². The lowest BCUT2D eigenvalue weighted by Gasteiger charge is -2.26. The molecule has 90 valence electrons. The molecule has 1 saturated heterocycles. The van der Waals surface area contributed by atoms with Gasteiger partial charge in [-0.15, -0.1) is 4.73 Å². The molecule has 0 bridgehead atoms. The van der Waals surface area contributed by atoms with Gasteiger partial charge in [0.25, 0.3) is 0 Å². The summed E-state index contributed by atoms with van der Waals surface area (Å²) in [6.07, 6.45) is 0.335. The van der Waals surface area contributed by atoms with Crippen LogP contribution >= 0.6 is 0 Å². The van der Waals surface area contributed by atoms with Crippen molar-refractivity contribution < 1.29 is 24.9 Å². The van der Waals surface area contributed by atoms with Crippen LogP contribution in [0.1, 0.15) is 12.8 Å². The summed E-state index contributed by atoms with van der Waals surface area (Å²) in [5.74, 6) is -0.540. The van der Waals surface area contributed by atoms with Crippen LogP contribution in [0.25, 0.3) is 0 Å². The summed E-state index contributed by atoms with van der Waals surface area (Å²) < 4.78 is 5.97. The van der Waals surface area contributed by atoms with E-state index in [1.54, 1.807) is 0 Å². The van der Waals surface area contributed by atoms with Gasteiger partial charge in [-0.3, -0.25) is 0 Å². The summed E-state index contributed by atoms with van der Waals surface area (Å²) in [4.78, 5) is 5.07. The van der Waals surface area contributed by atoms with E-state index in [1.807, 2.05) is 0 Å². The summed E-state index contributed by atoms with van der Waals surface area (Å²) in [5.41, 5.74) is 0. The molecule has 2 heterocycles. The molecule has 1 atom stereocenters. The van der Waals surface area contributed by atoms with Crippen molar-refractivity contribution in [3.63, 3.8) is 0 Å². The third kappa shape index (κ3) is 2.23. The second-order valence-corrected chi connectivity index (χ2v) is 3.79. The van der Waals surface area contributed by atoms with Crippen LogP contribution in [0, 0.1) is 5.92 Å². The Labute approximate surface area is 92.6 Å². The Kier molecular flexibility index (Phi) is 3.21. The molecule has 0 radical (unpaired) electrons. The average Bonchev–Trinajstić information content (AvgIpc) is 2.62. The normalized spacial score (nSPS) is 19.6. The van der Waals surface area contributed by atoms with Crippen LogP contribution in [0.15, 0.2) is 12.1 Å². The van der Waals surface area contributed by atoms with Gasteiger partial charge in [0, 0.05) is 31.3 Å². The van der Waals surface area contributed by atoms with Crippen molar-refractivity contribution >= 4 is 0 Å². The fourth-order valence-corrected chi connectivity index (χ4v) is 1.70. The van der Waals surface area contributed by atoms with E-state index in [0.29, 0.717) is 26.1 Å². The highest BCUT2D eigenvalue weighted by atomic mass is 16.7. The fourth-order valence-electron chi connectivity index (χ4n) is 1.70. The smallest absolute Gasteiger partial charge is 0.229 e. The number of aliphatic hydroxyl groups excluding tert-OH is 1. The highest BCUT2D eigenvalue weighted by Gasteiger charge is 2.25. The molecular formula is C10H15NO5. The number of hydrogen-bond donors (Lipinski definition) is 3. The Balaban J connectivity index is 1.98. The predicted molar refractivity (Wildman–Crippen MR) is 53.9 cm³/mol. The molecule has 1 aromatic heterocycles. The zero-order valence-corrected chi connectivity index (χ0v) is 8.74. The number of aromatic nitrogens is 1. The number of ether oxygens (including phenoxy) is 1. The molecule has 0 spiro atoms. The van der Waals surface area contributed by atoms with E-state index in [1.165, 1.54) is 12.1 Å². The van der Waals surface area contributed by atoms with E-state index < -0.39 is 6.29 Å². The second-order valence-electron chi connectivity index (χ2n) is 3.79. The summed E-state index contributed by atoms with van der Waals surface area (Å²) in [7, 11) is 0. The lowest BCUT2D eigenvalue weighted by molar-refractivity contribution is -0.160. The minimum absolute atomic E-state index is 0.0463. The van der Waals surface area contributed by atoms with Gasteiger partial charge >= 0.3 is 0 Å². The Morgan fingerprint density at radius 1 is 1.25 bits per heavy atom. The Morgan fingerprint density at radius 3 is 2.38 bits per heavy atom. The minimum Gasteiger partial charge on any atom is -0.492 e. The van der Waals surface area contributed by atoms with Gasteiger partial charge in [0.1, 0.15) is 0 Å². The van der Waals surface area contributed by atoms with Crippen LogP contribution in [0.5, 0.6) is 11.8 Å². The van der Waals surface area contributed by atoms with Crippen LogP contribution in [0.2, 0.25) is 0 Å². The molecular weight excluding hydrogens is 214 g/mol. The lowest BCUT2D eigenvalue weighted by atomic mass is 10.0. The standard InChI is InChI=1S/C10H15NO5/c12-8-1-2-9(13)11(8)16-10(14)7-3-5-15-6-4-7/h1-2,7,10,12-14H,3-6H2. The second kappa shape index (κ2) is 4.63. The zero-order valence-electron chi connectivity index (χ0n) is 8.74. The van der Waals surface area contributed by atoms with Crippen molar-refractivity contribution in [1.82, 2.24) is 4.73 Å². The van der Waals surface area contributed by atoms with E-state index in [-0.39, 0.29) is 17.7 Å². The third-order valence-corrected chi connectivity index (χ3v) is 2.68. The third-order valence-electron chi connectivity index (χ3n) is 2.68. The largest absolute Gasteiger partial charge is 0.492 e. The lowest BCUT2D eigenvalue weighted by Crippen LogP contribution is -2.35. The van der Waals surface area contributed by atoms with E-state index in [0.717, 1.165) is 4.73 Å². The quantitative estimate of drug-likeness (QED) is 0.639.